The van der Waals surface area contributed by atoms with Crippen LogP contribution in [0.1, 0.15) is 5.69 Å². The van der Waals surface area contributed by atoms with Gasteiger partial charge in [-0.3, -0.25) is 4.90 Å². The minimum atomic E-state index is -0.187. The number of imidazole rings is 1. The van der Waals surface area contributed by atoms with Gasteiger partial charge >= 0.3 is 6.03 Å². The summed E-state index contributed by atoms with van der Waals surface area (Å²) < 4.78 is 1.99. The first-order chi connectivity index (χ1) is 12.8. The van der Waals surface area contributed by atoms with Crippen LogP contribution >= 0.6 is 0 Å². The normalized spacial score (nSPS) is 10.6. The number of amides is 2. The minimum Gasteiger partial charge on any atom is -0.308 e. The van der Waals surface area contributed by atoms with Crippen molar-refractivity contribution in [1.82, 2.24) is 9.38 Å². The van der Waals surface area contributed by atoms with Gasteiger partial charge in [0.15, 0.2) is 0 Å². The molecule has 0 bridgehead atoms. The number of pyridine rings is 1. The number of aromatic nitrogens is 2. The number of nitrogens with zero attached hydrogens (tertiary/aromatic N) is 3. The fourth-order valence-electron chi connectivity index (χ4n) is 2.86. The third kappa shape index (κ3) is 3.28. The molecule has 0 aliphatic carbocycles. The molecule has 2 aromatic heterocycles. The Kier molecular flexibility index (Phi) is 4.35. The molecule has 0 saturated carbocycles. The van der Waals surface area contributed by atoms with Crippen LogP contribution in [0.4, 0.5) is 16.2 Å². The average molecular weight is 342 g/mol. The zero-order valence-corrected chi connectivity index (χ0v) is 14.1. The van der Waals surface area contributed by atoms with Crippen LogP contribution in [0.3, 0.4) is 0 Å². The molecule has 1 N–H and O–H groups in total. The molecular formula is C21H18N4O. The predicted octanol–water partition coefficient (Wildman–Crippen LogP) is 4.57. The summed E-state index contributed by atoms with van der Waals surface area (Å²) in [6.07, 6.45) is 3.76. The molecule has 2 heterocycles. The molecule has 0 spiro atoms. The zero-order chi connectivity index (χ0) is 17.8. The van der Waals surface area contributed by atoms with Gasteiger partial charge < -0.3 is 9.72 Å². The predicted molar refractivity (Wildman–Crippen MR) is 103 cm³/mol. The van der Waals surface area contributed by atoms with E-state index in [1.54, 1.807) is 11.1 Å². The largest absolute Gasteiger partial charge is 0.326 e. The summed E-state index contributed by atoms with van der Waals surface area (Å²) in [6, 6.07) is 24.7. The van der Waals surface area contributed by atoms with Crippen molar-refractivity contribution in [2.75, 3.05) is 10.2 Å². The fraction of sp³-hybridized carbons (Fsp3) is 0.0476. The Morgan fingerprint density at radius 2 is 1.62 bits per heavy atom. The van der Waals surface area contributed by atoms with Crippen molar-refractivity contribution in [3.63, 3.8) is 0 Å². The van der Waals surface area contributed by atoms with Gasteiger partial charge in [-0.05, 0) is 36.4 Å². The maximum Gasteiger partial charge on any atom is 0.326 e. The number of carbonyl (C=O) groups is 1. The van der Waals surface area contributed by atoms with Gasteiger partial charge in [-0.25, -0.2) is 9.78 Å². The molecule has 26 heavy (non-hydrogen) atoms. The van der Waals surface area contributed by atoms with Crippen LogP contribution < -0.4 is 10.2 Å². The third-order valence-corrected chi connectivity index (χ3v) is 4.15. The van der Waals surface area contributed by atoms with Gasteiger partial charge in [0.2, 0.25) is 0 Å². The highest BCUT2D eigenvalue weighted by atomic mass is 16.2. The molecule has 0 aliphatic heterocycles. The van der Waals surface area contributed by atoms with Gasteiger partial charge in [0.05, 0.1) is 18.4 Å². The Hall–Kier alpha value is -3.60. The number of rotatable bonds is 4. The molecule has 0 aliphatic rings. The van der Waals surface area contributed by atoms with Crippen LogP contribution in [-0.4, -0.2) is 15.4 Å². The summed E-state index contributed by atoms with van der Waals surface area (Å²) in [5.74, 6) is 0. The van der Waals surface area contributed by atoms with Crippen molar-refractivity contribution >= 4 is 23.1 Å². The molecule has 2 amide bonds. The van der Waals surface area contributed by atoms with E-state index in [0.717, 1.165) is 22.7 Å². The topological polar surface area (TPSA) is 49.6 Å². The summed E-state index contributed by atoms with van der Waals surface area (Å²) in [4.78, 5) is 19.1. The molecule has 5 heteroatoms. The molecule has 0 saturated heterocycles. The third-order valence-electron chi connectivity index (χ3n) is 4.15. The number of hydrogen-bond donors (Lipinski definition) is 1. The van der Waals surface area contributed by atoms with Gasteiger partial charge in [-0.15, -0.1) is 0 Å². The SMILES string of the molecule is O=C(Nc1ccccc1)N(Cc1cnc2ccccn12)c1ccccc1. The number of carbonyl (C=O) groups excluding carboxylic acids is 1. The summed E-state index contributed by atoms with van der Waals surface area (Å²) in [7, 11) is 0. The van der Waals surface area contributed by atoms with Gasteiger partial charge in [0, 0.05) is 17.6 Å². The number of nitrogens with one attached hydrogen (secondary N) is 1. The van der Waals surface area contributed by atoms with Crippen LogP contribution in [0.25, 0.3) is 5.65 Å². The van der Waals surface area contributed by atoms with E-state index in [2.05, 4.69) is 10.3 Å². The average Bonchev–Trinajstić information content (AvgIpc) is 3.10. The number of para-hydroxylation sites is 2. The molecule has 0 radical (unpaired) electrons. The molecule has 128 valence electrons. The molecule has 2 aromatic carbocycles. The molecule has 4 aromatic rings. The van der Waals surface area contributed by atoms with E-state index in [1.165, 1.54) is 0 Å². The quantitative estimate of drug-likeness (QED) is 0.590. The minimum absolute atomic E-state index is 0.187. The van der Waals surface area contributed by atoms with Gasteiger partial charge in [0.1, 0.15) is 5.65 Å². The van der Waals surface area contributed by atoms with Crippen LogP contribution in [0.5, 0.6) is 0 Å². The number of anilines is 2. The molecular weight excluding hydrogens is 324 g/mol. The van der Waals surface area contributed by atoms with E-state index in [4.69, 9.17) is 0 Å². The maximum atomic E-state index is 13.0. The van der Waals surface area contributed by atoms with Crippen molar-refractivity contribution in [2.45, 2.75) is 6.54 Å². The standard InChI is InChI=1S/C21H18N4O/c26-21(23-17-9-3-1-4-10-17)25(18-11-5-2-6-12-18)16-19-15-22-20-13-7-8-14-24(19)20/h1-15H,16H2,(H,23,26). The number of benzene rings is 2. The van der Waals surface area contributed by atoms with E-state index in [9.17, 15) is 4.79 Å². The Balaban J connectivity index is 1.66. The van der Waals surface area contributed by atoms with E-state index in [-0.39, 0.29) is 6.03 Å². The monoisotopic (exact) mass is 342 g/mol. The van der Waals surface area contributed by atoms with E-state index in [0.29, 0.717) is 6.54 Å². The number of fused-ring (bicyclic) bond motifs is 1. The molecule has 5 nitrogen and oxygen atoms in total. The first-order valence-electron chi connectivity index (χ1n) is 8.41. The van der Waals surface area contributed by atoms with Crippen molar-refractivity contribution in [3.05, 3.63) is 97.0 Å². The van der Waals surface area contributed by atoms with Crippen LogP contribution in [-0.2, 0) is 6.54 Å². The Bertz CT molecular complexity index is 1010. The lowest BCUT2D eigenvalue weighted by atomic mass is 10.2. The lowest BCUT2D eigenvalue weighted by Gasteiger charge is -2.23. The molecule has 0 unspecified atom stereocenters. The van der Waals surface area contributed by atoms with E-state index < -0.39 is 0 Å². The maximum absolute atomic E-state index is 13.0. The lowest BCUT2D eigenvalue weighted by molar-refractivity contribution is 0.256. The second-order valence-electron chi connectivity index (χ2n) is 5.90. The summed E-state index contributed by atoms with van der Waals surface area (Å²) in [5.41, 5.74) is 3.38. The van der Waals surface area contributed by atoms with Crippen LogP contribution in [0.2, 0.25) is 0 Å². The summed E-state index contributed by atoms with van der Waals surface area (Å²) in [6.45, 7) is 0.411. The summed E-state index contributed by atoms with van der Waals surface area (Å²) in [5, 5.41) is 2.96. The lowest BCUT2D eigenvalue weighted by Crippen LogP contribution is -2.34. The zero-order valence-electron chi connectivity index (χ0n) is 14.1. The Morgan fingerprint density at radius 1 is 0.923 bits per heavy atom. The molecule has 0 fully saturated rings. The molecule has 0 atom stereocenters. The Morgan fingerprint density at radius 3 is 2.38 bits per heavy atom. The van der Waals surface area contributed by atoms with E-state index >= 15 is 0 Å². The van der Waals surface area contributed by atoms with Gasteiger partial charge in [0.25, 0.3) is 0 Å². The molecule has 4 rings (SSSR count). The van der Waals surface area contributed by atoms with Crippen LogP contribution in [0.15, 0.2) is 91.3 Å². The van der Waals surface area contributed by atoms with Crippen molar-refractivity contribution in [2.24, 2.45) is 0 Å². The van der Waals surface area contributed by atoms with Crippen molar-refractivity contribution < 1.29 is 4.79 Å². The van der Waals surface area contributed by atoms with Crippen molar-refractivity contribution in [3.8, 4) is 0 Å². The fourth-order valence-corrected chi connectivity index (χ4v) is 2.86. The van der Waals surface area contributed by atoms with Gasteiger partial charge in [-0.1, -0.05) is 42.5 Å². The second kappa shape index (κ2) is 7.11. The number of hydrogen-bond acceptors (Lipinski definition) is 2. The van der Waals surface area contributed by atoms with Crippen LogP contribution in [0, 0.1) is 0 Å². The summed E-state index contributed by atoms with van der Waals surface area (Å²) >= 11 is 0. The highest BCUT2D eigenvalue weighted by molar-refractivity contribution is 6.01. The second-order valence-corrected chi connectivity index (χ2v) is 5.90. The van der Waals surface area contributed by atoms with Crippen molar-refractivity contribution in [1.29, 1.82) is 0 Å². The first-order valence-corrected chi connectivity index (χ1v) is 8.41. The Labute approximate surface area is 151 Å². The number of urea groups is 1. The first kappa shape index (κ1) is 15.9. The van der Waals surface area contributed by atoms with E-state index in [1.807, 2.05) is 89.5 Å². The van der Waals surface area contributed by atoms with Gasteiger partial charge in [-0.2, -0.15) is 0 Å². The highest BCUT2D eigenvalue weighted by Gasteiger charge is 2.18. The highest BCUT2D eigenvalue weighted by Crippen LogP contribution is 2.19. The smallest absolute Gasteiger partial charge is 0.308 e.